The van der Waals surface area contributed by atoms with Gasteiger partial charge in [0, 0.05) is 18.7 Å². The highest BCUT2D eigenvalue weighted by atomic mass is 19.1. The Morgan fingerprint density at radius 3 is 2.85 bits per heavy atom. The van der Waals surface area contributed by atoms with Gasteiger partial charge in [0.25, 0.3) is 0 Å². The van der Waals surface area contributed by atoms with Crippen molar-refractivity contribution in [1.29, 1.82) is 0 Å². The van der Waals surface area contributed by atoms with Crippen LogP contribution < -0.4 is 16.0 Å². The van der Waals surface area contributed by atoms with Crippen molar-refractivity contribution >= 4 is 23.2 Å². The number of hydrogen-bond acceptors (Lipinski definition) is 5. The number of carbonyl (C=O) groups excluding carboxylic acids is 2. The number of piperidine rings is 1. The van der Waals surface area contributed by atoms with E-state index in [2.05, 4.69) is 16.0 Å². The number of anilines is 2. The minimum absolute atomic E-state index is 0.0876. The van der Waals surface area contributed by atoms with Crippen LogP contribution >= 0.6 is 0 Å². The van der Waals surface area contributed by atoms with Gasteiger partial charge in [0.2, 0.25) is 11.8 Å². The summed E-state index contributed by atoms with van der Waals surface area (Å²) in [6, 6.07) is 3.89. The molecular weight excluding hydrogens is 265 g/mol. The average Bonchev–Trinajstić information content (AvgIpc) is 2.41. The molecule has 1 fully saturated rings. The molecule has 0 aliphatic carbocycles. The number of halogens is 1. The molecule has 2 amide bonds. The number of aliphatic hydroxyl groups excluding tert-OH is 1. The summed E-state index contributed by atoms with van der Waals surface area (Å²) in [5.41, 5.74) is 0.749. The molecule has 1 saturated heterocycles. The smallest absolute Gasteiger partial charge is 0.249 e. The molecule has 20 heavy (non-hydrogen) atoms. The van der Waals surface area contributed by atoms with Crippen molar-refractivity contribution in [3.8, 4) is 0 Å². The van der Waals surface area contributed by atoms with Gasteiger partial charge in [-0.15, -0.1) is 0 Å². The van der Waals surface area contributed by atoms with Gasteiger partial charge in [-0.25, -0.2) is 4.39 Å². The second kappa shape index (κ2) is 6.33. The first-order valence-corrected chi connectivity index (χ1v) is 6.34. The quantitative estimate of drug-likeness (QED) is 0.588. The maximum absolute atomic E-state index is 13.7. The largest absolute Gasteiger partial charge is 0.395 e. The number of amides is 2. The van der Waals surface area contributed by atoms with Gasteiger partial charge in [-0.2, -0.15) is 0 Å². The Bertz CT molecular complexity index is 522. The molecule has 0 aromatic heterocycles. The standard InChI is InChI=1S/C13H16FN3O3/c14-9-7-8(1-2-10(9)15-5-6-18)16-11-3-4-12(19)17-13(11)20/h1-2,7,11,15-16,18H,3-6H2,(H,17,19,20). The van der Waals surface area contributed by atoms with Gasteiger partial charge in [0.05, 0.1) is 12.3 Å². The highest BCUT2D eigenvalue weighted by Gasteiger charge is 2.26. The number of nitrogens with one attached hydrogen (secondary N) is 3. The Labute approximate surface area is 115 Å². The maximum Gasteiger partial charge on any atom is 0.249 e. The summed E-state index contributed by atoms with van der Waals surface area (Å²) in [5, 5.41) is 16.5. The molecule has 6 nitrogen and oxygen atoms in total. The maximum atomic E-state index is 13.7. The van der Waals surface area contributed by atoms with Crippen LogP contribution in [0, 0.1) is 5.82 Å². The van der Waals surface area contributed by atoms with Crippen LogP contribution in [0.3, 0.4) is 0 Å². The van der Waals surface area contributed by atoms with E-state index in [1.165, 1.54) is 12.1 Å². The first-order chi connectivity index (χ1) is 9.60. The lowest BCUT2D eigenvalue weighted by atomic mass is 10.1. The number of imide groups is 1. The van der Waals surface area contributed by atoms with Gasteiger partial charge in [-0.05, 0) is 24.6 Å². The van der Waals surface area contributed by atoms with E-state index in [-0.39, 0.29) is 31.2 Å². The number of benzene rings is 1. The van der Waals surface area contributed by atoms with E-state index < -0.39 is 17.8 Å². The van der Waals surface area contributed by atoms with Crippen LogP contribution in [0.1, 0.15) is 12.8 Å². The predicted molar refractivity (Wildman–Crippen MR) is 71.8 cm³/mol. The van der Waals surface area contributed by atoms with Crippen LogP contribution in [0.25, 0.3) is 0 Å². The van der Waals surface area contributed by atoms with Crippen LogP contribution in [0.2, 0.25) is 0 Å². The molecule has 0 spiro atoms. The van der Waals surface area contributed by atoms with Crippen molar-refractivity contribution in [2.75, 3.05) is 23.8 Å². The zero-order chi connectivity index (χ0) is 14.5. The summed E-state index contributed by atoms with van der Waals surface area (Å²) in [6.07, 6.45) is 0.652. The van der Waals surface area contributed by atoms with Gasteiger partial charge in [-0.3, -0.25) is 14.9 Å². The van der Waals surface area contributed by atoms with Gasteiger partial charge in [0.1, 0.15) is 11.9 Å². The van der Waals surface area contributed by atoms with E-state index in [9.17, 15) is 14.0 Å². The monoisotopic (exact) mass is 281 g/mol. The predicted octanol–water partition coefficient (Wildman–Crippen LogP) is 0.447. The highest BCUT2D eigenvalue weighted by Crippen LogP contribution is 2.20. The van der Waals surface area contributed by atoms with E-state index in [1.807, 2.05) is 0 Å². The third kappa shape index (κ3) is 3.45. The van der Waals surface area contributed by atoms with Gasteiger partial charge >= 0.3 is 0 Å². The molecule has 1 atom stereocenters. The molecule has 0 radical (unpaired) electrons. The minimum Gasteiger partial charge on any atom is -0.395 e. The molecular formula is C13H16FN3O3. The van der Waals surface area contributed by atoms with Crippen molar-refractivity contribution in [1.82, 2.24) is 5.32 Å². The summed E-state index contributed by atoms with van der Waals surface area (Å²) in [6.45, 7) is 0.173. The number of carbonyl (C=O) groups is 2. The molecule has 1 aromatic carbocycles. The number of hydrogen-bond donors (Lipinski definition) is 4. The molecule has 1 heterocycles. The third-order valence-corrected chi connectivity index (χ3v) is 2.98. The molecule has 0 bridgehead atoms. The average molecular weight is 281 g/mol. The Hall–Kier alpha value is -2.15. The first-order valence-electron chi connectivity index (χ1n) is 6.34. The minimum atomic E-state index is -0.539. The summed E-state index contributed by atoms with van der Waals surface area (Å²) in [7, 11) is 0. The van der Waals surface area contributed by atoms with Crippen molar-refractivity contribution in [2.45, 2.75) is 18.9 Å². The van der Waals surface area contributed by atoms with E-state index in [4.69, 9.17) is 5.11 Å². The lowest BCUT2D eigenvalue weighted by Gasteiger charge is -2.23. The normalized spacial score (nSPS) is 18.6. The highest BCUT2D eigenvalue weighted by molar-refractivity contribution is 6.01. The topological polar surface area (TPSA) is 90.5 Å². The van der Waals surface area contributed by atoms with E-state index in [0.717, 1.165) is 0 Å². The molecule has 1 aliphatic rings. The van der Waals surface area contributed by atoms with Crippen molar-refractivity contribution in [3.63, 3.8) is 0 Å². The Kier molecular flexibility index (Phi) is 4.52. The van der Waals surface area contributed by atoms with Gasteiger partial charge in [-0.1, -0.05) is 0 Å². The molecule has 1 unspecified atom stereocenters. The van der Waals surface area contributed by atoms with Gasteiger partial charge in [0.15, 0.2) is 0 Å². The number of aliphatic hydroxyl groups is 1. The van der Waals surface area contributed by atoms with Crippen LogP contribution in [-0.4, -0.2) is 36.1 Å². The molecule has 2 rings (SSSR count). The van der Waals surface area contributed by atoms with Crippen molar-refractivity contribution < 1.29 is 19.1 Å². The zero-order valence-corrected chi connectivity index (χ0v) is 10.8. The molecule has 7 heteroatoms. The SMILES string of the molecule is O=C1CCC(Nc2ccc(NCCO)c(F)c2)C(=O)N1. The fourth-order valence-electron chi connectivity index (χ4n) is 1.97. The number of rotatable bonds is 5. The van der Waals surface area contributed by atoms with Crippen LogP contribution in [0.4, 0.5) is 15.8 Å². The second-order valence-electron chi connectivity index (χ2n) is 4.49. The molecule has 0 saturated carbocycles. The summed E-state index contributed by atoms with van der Waals surface area (Å²) >= 11 is 0. The van der Waals surface area contributed by atoms with Crippen molar-refractivity contribution in [3.05, 3.63) is 24.0 Å². The molecule has 4 N–H and O–H groups in total. The molecule has 108 valence electrons. The lowest BCUT2D eigenvalue weighted by molar-refractivity contribution is -0.133. The van der Waals surface area contributed by atoms with E-state index in [0.29, 0.717) is 12.1 Å². The second-order valence-corrected chi connectivity index (χ2v) is 4.49. The van der Waals surface area contributed by atoms with E-state index in [1.54, 1.807) is 6.07 Å². The van der Waals surface area contributed by atoms with Crippen LogP contribution in [-0.2, 0) is 9.59 Å². The van der Waals surface area contributed by atoms with Crippen molar-refractivity contribution in [2.24, 2.45) is 0 Å². The van der Waals surface area contributed by atoms with Crippen LogP contribution in [0.15, 0.2) is 18.2 Å². The summed E-state index contributed by atoms with van der Waals surface area (Å²) in [5.74, 6) is -1.16. The lowest BCUT2D eigenvalue weighted by Crippen LogP contribution is -2.47. The van der Waals surface area contributed by atoms with Gasteiger partial charge < -0.3 is 15.7 Å². The summed E-state index contributed by atoms with van der Waals surface area (Å²) in [4.78, 5) is 22.6. The third-order valence-electron chi connectivity index (χ3n) is 2.98. The first kappa shape index (κ1) is 14.3. The summed E-state index contributed by atoms with van der Waals surface area (Å²) < 4.78 is 13.7. The fraction of sp³-hybridized carbons (Fsp3) is 0.385. The fourth-order valence-corrected chi connectivity index (χ4v) is 1.97. The Balaban J connectivity index is 2.01. The Morgan fingerprint density at radius 2 is 2.20 bits per heavy atom. The molecule has 1 aromatic rings. The van der Waals surface area contributed by atoms with Crippen LogP contribution in [0.5, 0.6) is 0 Å². The Morgan fingerprint density at radius 1 is 1.40 bits per heavy atom. The molecule has 1 aliphatic heterocycles. The zero-order valence-electron chi connectivity index (χ0n) is 10.8. The van der Waals surface area contributed by atoms with E-state index >= 15 is 0 Å².